The highest BCUT2D eigenvalue weighted by atomic mass is 16.5. The molecular weight excluding hydrogens is 578 g/mol. The smallest absolute Gasteiger partial charge is 0.408 e. The summed E-state index contributed by atoms with van der Waals surface area (Å²) in [5, 5.41) is 11.3. The molecule has 6 N–H and O–H groups in total. The number of hydrogen-bond acceptors (Lipinski definition) is 7. The molecule has 45 heavy (non-hydrogen) atoms. The van der Waals surface area contributed by atoms with Crippen LogP contribution in [-0.4, -0.2) is 42.6 Å². The molecule has 4 rings (SSSR count). The predicted octanol–water partition coefficient (Wildman–Crippen LogP) is 3.51. The Morgan fingerprint density at radius 1 is 0.844 bits per heavy atom. The van der Waals surface area contributed by atoms with E-state index < -0.39 is 41.6 Å². The molecule has 1 heterocycles. The lowest BCUT2D eigenvalue weighted by Gasteiger charge is -2.23. The van der Waals surface area contributed by atoms with Crippen molar-refractivity contribution in [2.24, 2.45) is 5.73 Å². The highest BCUT2D eigenvalue weighted by Gasteiger charge is 2.28. The van der Waals surface area contributed by atoms with Crippen molar-refractivity contribution >= 4 is 40.6 Å². The number of benzene rings is 3. The standard InChI is InChI=1S/C33H35N5O7/c1-21-17-29(39)45-28-19-24(14-15-25(21)28)36-30(40)26(13-8-16-35-32(34)42)37-31(41)27(18-22-9-4-2-5-10-22)38-33(43)44-20-23-11-6-3-7-12-23/h2-7,9-12,14-15,17,19,26-27H,8,13,16,18,20H2,1H3,(H,36,40)(H,37,41)(H,38,43)(H3,34,35,42)/t26-,27-/m1/s1. The molecule has 234 valence electrons. The van der Waals surface area contributed by atoms with Gasteiger partial charge >= 0.3 is 17.7 Å². The maximum atomic E-state index is 13.6. The molecule has 0 aliphatic heterocycles. The van der Waals surface area contributed by atoms with Crippen LogP contribution in [0.25, 0.3) is 11.0 Å². The number of nitrogens with one attached hydrogen (secondary N) is 4. The molecule has 5 amide bonds. The Kier molecular flexibility index (Phi) is 11.3. The van der Waals surface area contributed by atoms with E-state index in [1.165, 1.54) is 12.1 Å². The van der Waals surface area contributed by atoms with Crippen molar-refractivity contribution in [1.29, 1.82) is 0 Å². The first-order chi connectivity index (χ1) is 21.7. The Balaban J connectivity index is 1.50. The Bertz CT molecular complexity index is 1690. The molecule has 0 saturated carbocycles. The van der Waals surface area contributed by atoms with E-state index in [4.69, 9.17) is 14.9 Å². The predicted molar refractivity (Wildman–Crippen MR) is 168 cm³/mol. The van der Waals surface area contributed by atoms with Gasteiger partial charge in [-0.15, -0.1) is 0 Å². The summed E-state index contributed by atoms with van der Waals surface area (Å²) in [6.45, 7) is 1.96. The van der Waals surface area contributed by atoms with Crippen molar-refractivity contribution in [1.82, 2.24) is 16.0 Å². The van der Waals surface area contributed by atoms with E-state index in [0.717, 1.165) is 16.7 Å². The fourth-order valence-electron chi connectivity index (χ4n) is 4.66. The van der Waals surface area contributed by atoms with Crippen molar-refractivity contribution in [3.05, 3.63) is 112 Å². The first-order valence-corrected chi connectivity index (χ1v) is 14.4. The van der Waals surface area contributed by atoms with E-state index >= 15 is 0 Å². The Morgan fingerprint density at radius 3 is 2.22 bits per heavy atom. The second kappa shape index (κ2) is 15.7. The average Bonchev–Trinajstić information content (AvgIpc) is 3.01. The quantitative estimate of drug-likeness (QED) is 0.113. The number of urea groups is 1. The average molecular weight is 614 g/mol. The number of aryl methyl sites for hydroxylation is 1. The molecular formula is C33H35N5O7. The molecule has 0 fully saturated rings. The van der Waals surface area contributed by atoms with E-state index in [1.54, 1.807) is 19.1 Å². The summed E-state index contributed by atoms with van der Waals surface area (Å²) < 4.78 is 10.6. The van der Waals surface area contributed by atoms with Crippen LogP contribution in [0.15, 0.2) is 94.1 Å². The molecule has 0 bridgehead atoms. The molecule has 1 aromatic heterocycles. The summed E-state index contributed by atoms with van der Waals surface area (Å²) >= 11 is 0. The summed E-state index contributed by atoms with van der Waals surface area (Å²) in [6, 6.07) is 21.6. The SMILES string of the molecule is Cc1cc(=O)oc2cc(NC(=O)[C@@H](CCCNC(N)=O)NC(=O)[C@@H](Cc3ccccc3)NC(=O)OCc3ccccc3)ccc12. The first-order valence-electron chi connectivity index (χ1n) is 14.4. The molecule has 12 heteroatoms. The zero-order valence-corrected chi connectivity index (χ0v) is 24.7. The van der Waals surface area contributed by atoms with Crippen molar-refractivity contribution in [3.8, 4) is 0 Å². The van der Waals surface area contributed by atoms with Crippen LogP contribution in [0.2, 0.25) is 0 Å². The van der Waals surface area contributed by atoms with E-state index in [2.05, 4.69) is 21.3 Å². The number of carbonyl (C=O) groups excluding carboxylic acids is 4. The van der Waals surface area contributed by atoms with Crippen molar-refractivity contribution in [2.75, 3.05) is 11.9 Å². The minimum atomic E-state index is -1.08. The van der Waals surface area contributed by atoms with Crippen LogP contribution in [0, 0.1) is 6.92 Å². The van der Waals surface area contributed by atoms with Gasteiger partial charge in [-0.25, -0.2) is 14.4 Å². The van der Waals surface area contributed by atoms with Crippen LogP contribution in [0.3, 0.4) is 0 Å². The zero-order valence-electron chi connectivity index (χ0n) is 24.7. The monoisotopic (exact) mass is 613 g/mol. The molecule has 0 aliphatic rings. The van der Waals surface area contributed by atoms with E-state index in [0.29, 0.717) is 23.1 Å². The molecule has 4 aromatic rings. The molecule has 2 atom stereocenters. The van der Waals surface area contributed by atoms with Crippen LogP contribution in [0.5, 0.6) is 0 Å². The van der Waals surface area contributed by atoms with Crippen molar-refractivity contribution < 1.29 is 28.3 Å². The summed E-state index contributed by atoms with van der Waals surface area (Å²) in [4.78, 5) is 62.8. The second-order valence-electron chi connectivity index (χ2n) is 10.4. The summed E-state index contributed by atoms with van der Waals surface area (Å²) in [6.07, 6.45) is -0.220. The highest BCUT2D eigenvalue weighted by molar-refractivity contribution is 5.99. The van der Waals surface area contributed by atoms with Gasteiger partial charge in [0.15, 0.2) is 0 Å². The Labute approximate surface area is 259 Å². The van der Waals surface area contributed by atoms with Crippen molar-refractivity contribution in [2.45, 2.75) is 44.9 Å². The summed E-state index contributed by atoms with van der Waals surface area (Å²) in [7, 11) is 0. The first kappa shape index (κ1) is 32.3. The molecule has 0 radical (unpaired) electrons. The van der Waals surface area contributed by atoms with E-state index in [-0.39, 0.29) is 26.0 Å². The van der Waals surface area contributed by atoms with Crippen LogP contribution in [-0.2, 0) is 27.4 Å². The molecule has 0 aliphatic carbocycles. The largest absolute Gasteiger partial charge is 0.445 e. The van der Waals surface area contributed by atoms with Crippen LogP contribution < -0.4 is 32.6 Å². The number of primary amides is 1. The van der Waals surface area contributed by atoms with Gasteiger partial charge < -0.3 is 36.2 Å². The third kappa shape index (κ3) is 9.95. The third-order valence-corrected chi connectivity index (χ3v) is 6.92. The van der Waals surface area contributed by atoms with Gasteiger partial charge in [-0.05, 0) is 48.6 Å². The number of anilines is 1. The minimum Gasteiger partial charge on any atom is -0.445 e. The number of nitrogens with two attached hydrogens (primary N) is 1. The van der Waals surface area contributed by atoms with Crippen LogP contribution in [0.1, 0.15) is 29.5 Å². The number of fused-ring (bicyclic) bond motifs is 1. The topological polar surface area (TPSA) is 182 Å². The van der Waals surface area contributed by atoms with Crippen LogP contribution >= 0.6 is 0 Å². The Morgan fingerprint density at radius 2 is 1.53 bits per heavy atom. The second-order valence-corrected chi connectivity index (χ2v) is 10.4. The zero-order chi connectivity index (χ0) is 32.2. The van der Waals surface area contributed by atoms with Gasteiger partial charge in [-0.1, -0.05) is 60.7 Å². The lowest BCUT2D eigenvalue weighted by Crippen LogP contribution is -2.53. The van der Waals surface area contributed by atoms with E-state index in [9.17, 15) is 24.0 Å². The number of hydrogen-bond donors (Lipinski definition) is 5. The minimum absolute atomic E-state index is 0.00957. The number of rotatable bonds is 13. The van der Waals surface area contributed by atoms with Gasteiger partial charge in [0.05, 0.1) is 0 Å². The fourth-order valence-corrected chi connectivity index (χ4v) is 4.66. The summed E-state index contributed by atoms with van der Waals surface area (Å²) in [5.41, 5.74) is 7.57. The lowest BCUT2D eigenvalue weighted by atomic mass is 10.0. The molecule has 0 saturated heterocycles. The van der Waals surface area contributed by atoms with Crippen LogP contribution in [0.4, 0.5) is 15.3 Å². The number of carbonyl (C=O) groups is 4. The normalized spacial score (nSPS) is 12.0. The van der Waals surface area contributed by atoms with Gasteiger partial charge in [0.25, 0.3) is 0 Å². The molecule has 12 nitrogen and oxygen atoms in total. The number of ether oxygens (including phenoxy) is 1. The maximum Gasteiger partial charge on any atom is 0.408 e. The Hall–Kier alpha value is -5.65. The van der Waals surface area contributed by atoms with E-state index in [1.807, 2.05) is 60.7 Å². The van der Waals surface area contributed by atoms with Gasteiger partial charge in [0.1, 0.15) is 24.3 Å². The molecule has 0 unspecified atom stereocenters. The van der Waals surface area contributed by atoms with Crippen molar-refractivity contribution in [3.63, 3.8) is 0 Å². The van der Waals surface area contributed by atoms with Gasteiger partial charge in [0.2, 0.25) is 11.8 Å². The number of amides is 5. The lowest BCUT2D eigenvalue weighted by molar-refractivity contribution is -0.128. The van der Waals surface area contributed by atoms with Gasteiger partial charge in [-0.3, -0.25) is 9.59 Å². The number of alkyl carbamates (subject to hydrolysis) is 1. The fraction of sp³-hybridized carbons (Fsp3) is 0.242. The summed E-state index contributed by atoms with van der Waals surface area (Å²) in [5.74, 6) is -1.17. The maximum absolute atomic E-state index is 13.6. The van der Waals surface area contributed by atoms with Gasteiger partial charge in [0, 0.05) is 36.2 Å². The third-order valence-electron chi connectivity index (χ3n) is 6.92. The highest BCUT2D eigenvalue weighted by Crippen LogP contribution is 2.21. The molecule has 3 aromatic carbocycles. The molecule has 0 spiro atoms. The van der Waals surface area contributed by atoms with Gasteiger partial charge in [-0.2, -0.15) is 0 Å².